The highest BCUT2D eigenvalue weighted by molar-refractivity contribution is 7.92. The van der Waals surface area contributed by atoms with Crippen LogP contribution in [0.5, 0.6) is 0 Å². The summed E-state index contributed by atoms with van der Waals surface area (Å²) >= 11 is 0. The van der Waals surface area contributed by atoms with E-state index in [9.17, 15) is 13.2 Å². The van der Waals surface area contributed by atoms with Gasteiger partial charge in [0.05, 0.1) is 10.6 Å². The van der Waals surface area contributed by atoms with E-state index in [2.05, 4.69) is 6.92 Å². The van der Waals surface area contributed by atoms with Crippen molar-refractivity contribution in [3.63, 3.8) is 0 Å². The first-order valence-corrected chi connectivity index (χ1v) is 11.2. The molecule has 1 fully saturated rings. The molecule has 0 saturated carbocycles. The van der Waals surface area contributed by atoms with Crippen molar-refractivity contribution < 1.29 is 13.2 Å². The van der Waals surface area contributed by atoms with E-state index in [1.54, 1.807) is 35.2 Å². The lowest BCUT2D eigenvalue weighted by Gasteiger charge is -2.33. The number of carbonyl (C=O) groups excluding carboxylic acids is 1. The Morgan fingerprint density at radius 1 is 1.14 bits per heavy atom. The van der Waals surface area contributed by atoms with E-state index in [1.807, 2.05) is 32.0 Å². The Labute approximate surface area is 168 Å². The molecule has 2 aromatic rings. The minimum Gasteiger partial charge on any atom is -0.341 e. The van der Waals surface area contributed by atoms with Crippen LogP contribution in [0.15, 0.2) is 53.4 Å². The molecule has 0 unspecified atom stereocenters. The molecule has 0 radical (unpaired) electrons. The van der Waals surface area contributed by atoms with Crippen LogP contribution in [0.25, 0.3) is 0 Å². The van der Waals surface area contributed by atoms with Crippen molar-refractivity contribution in [3.8, 4) is 0 Å². The van der Waals surface area contributed by atoms with Gasteiger partial charge in [0, 0.05) is 13.1 Å². The molecule has 2 aromatic carbocycles. The average Bonchev–Trinajstić information content (AvgIpc) is 2.68. The number of carbonyl (C=O) groups is 1. The van der Waals surface area contributed by atoms with Crippen LogP contribution < -0.4 is 4.31 Å². The summed E-state index contributed by atoms with van der Waals surface area (Å²) in [7, 11) is -3.85. The fraction of sp³-hybridized carbons (Fsp3) is 0.409. The maximum absolute atomic E-state index is 13.4. The van der Waals surface area contributed by atoms with Gasteiger partial charge >= 0.3 is 0 Å². The minimum absolute atomic E-state index is 0.146. The van der Waals surface area contributed by atoms with Gasteiger partial charge in [-0.1, -0.05) is 37.3 Å². The Balaban J connectivity index is 2.00. The second-order valence-corrected chi connectivity index (χ2v) is 9.56. The Kier molecular flexibility index (Phi) is 6.08. The summed E-state index contributed by atoms with van der Waals surface area (Å²) in [4.78, 5) is 15.0. The maximum Gasteiger partial charge on any atom is 0.264 e. The number of benzene rings is 2. The molecule has 5 nitrogen and oxygen atoms in total. The summed E-state index contributed by atoms with van der Waals surface area (Å²) in [6.07, 6.45) is 2.06. The SMILES string of the molecule is Cc1ccc(C)c(N(CC(=O)N2CCC[C@@H](C)C2)S(=O)(=O)c2ccccc2)c1. The smallest absolute Gasteiger partial charge is 0.264 e. The van der Waals surface area contributed by atoms with Crippen molar-refractivity contribution >= 4 is 21.6 Å². The number of likely N-dealkylation sites (tertiary alicyclic amines) is 1. The average molecular weight is 401 g/mol. The van der Waals surface area contributed by atoms with Gasteiger partial charge in [-0.15, -0.1) is 0 Å². The van der Waals surface area contributed by atoms with Gasteiger partial charge in [-0.25, -0.2) is 8.42 Å². The molecule has 1 aliphatic heterocycles. The third-order valence-corrected chi connectivity index (χ3v) is 7.03. The van der Waals surface area contributed by atoms with Crippen LogP contribution in [-0.4, -0.2) is 38.9 Å². The Morgan fingerprint density at radius 2 is 1.86 bits per heavy atom. The van der Waals surface area contributed by atoms with Crippen molar-refractivity contribution in [2.75, 3.05) is 23.9 Å². The summed E-state index contributed by atoms with van der Waals surface area (Å²) in [5, 5.41) is 0. The zero-order chi connectivity index (χ0) is 20.3. The molecule has 1 heterocycles. The highest BCUT2D eigenvalue weighted by Gasteiger charge is 2.31. The lowest BCUT2D eigenvalue weighted by Crippen LogP contribution is -2.46. The number of amides is 1. The standard InChI is InChI=1S/C22H28N2O3S/c1-17-11-12-19(3)21(14-17)24(28(26,27)20-9-5-4-6-10-20)16-22(25)23-13-7-8-18(2)15-23/h4-6,9-12,14,18H,7-8,13,15-16H2,1-3H3/t18-/m1/s1. The Morgan fingerprint density at radius 3 is 2.54 bits per heavy atom. The van der Waals surface area contributed by atoms with Crippen LogP contribution in [0.4, 0.5) is 5.69 Å². The molecule has 1 saturated heterocycles. The highest BCUT2D eigenvalue weighted by atomic mass is 32.2. The number of nitrogens with zero attached hydrogens (tertiary/aromatic N) is 2. The molecular weight excluding hydrogens is 372 g/mol. The number of piperidine rings is 1. The molecule has 0 N–H and O–H groups in total. The molecule has 0 aliphatic carbocycles. The highest BCUT2D eigenvalue weighted by Crippen LogP contribution is 2.28. The summed E-state index contributed by atoms with van der Waals surface area (Å²) in [6.45, 7) is 7.11. The van der Waals surface area contributed by atoms with E-state index in [1.165, 1.54) is 4.31 Å². The van der Waals surface area contributed by atoms with E-state index < -0.39 is 10.0 Å². The van der Waals surface area contributed by atoms with Gasteiger partial charge in [-0.2, -0.15) is 0 Å². The van der Waals surface area contributed by atoms with Gasteiger partial charge in [0.15, 0.2) is 0 Å². The molecule has 150 valence electrons. The molecule has 6 heteroatoms. The molecule has 0 spiro atoms. The van der Waals surface area contributed by atoms with Crippen molar-refractivity contribution in [1.82, 2.24) is 4.90 Å². The van der Waals surface area contributed by atoms with Gasteiger partial charge < -0.3 is 4.90 Å². The van der Waals surface area contributed by atoms with Gasteiger partial charge in [-0.3, -0.25) is 9.10 Å². The lowest BCUT2D eigenvalue weighted by atomic mass is 10.0. The normalized spacial score (nSPS) is 17.4. The first-order chi connectivity index (χ1) is 13.3. The van der Waals surface area contributed by atoms with Gasteiger partial charge in [0.25, 0.3) is 10.0 Å². The maximum atomic E-state index is 13.4. The predicted molar refractivity (Wildman–Crippen MR) is 112 cm³/mol. The van der Waals surface area contributed by atoms with E-state index in [0.717, 1.165) is 24.0 Å². The summed E-state index contributed by atoms with van der Waals surface area (Å²) in [5.41, 5.74) is 2.33. The number of rotatable bonds is 5. The summed E-state index contributed by atoms with van der Waals surface area (Å²) in [6, 6.07) is 14.0. The molecule has 1 aliphatic rings. The van der Waals surface area contributed by atoms with E-state index in [-0.39, 0.29) is 17.3 Å². The monoisotopic (exact) mass is 400 g/mol. The molecule has 28 heavy (non-hydrogen) atoms. The zero-order valence-electron chi connectivity index (χ0n) is 16.8. The molecule has 0 aromatic heterocycles. The number of hydrogen-bond donors (Lipinski definition) is 0. The van der Waals surface area contributed by atoms with Crippen molar-refractivity contribution in [2.45, 2.75) is 38.5 Å². The van der Waals surface area contributed by atoms with Crippen LogP contribution in [0.1, 0.15) is 30.9 Å². The van der Waals surface area contributed by atoms with Crippen LogP contribution in [-0.2, 0) is 14.8 Å². The topological polar surface area (TPSA) is 57.7 Å². The molecule has 1 atom stereocenters. The number of aryl methyl sites for hydroxylation is 2. The first-order valence-electron chi connectivity index (χ1n) is 9.72. The second kappa shape index (κ2) is 8.35. The third kappa shape index (κ3) is 4.38. The zero-order valence-corrected chi connectivity index (χ0v) is 17.6. The molecule has 1 amide bonds. The lowest BCUT2D eigenvalue weighted by molar-refractivity contribution is -0.131. The number of anilines is 1. The predicted octanol–water partition coefficient (Wildman–Crippen LogP) is 3.76. The largest absolute Gasteiger partial charge is 0.341 e. The molecule has 3 rings (SSSR count). The van der Waals surface area contributed by atoms with Gasteiger partial charge in [0.1, 0.15) is 6.54 Å². The van der Waals surface area contributed by atoms with Gasteiger partial charge in [0.2, 0.25) is 5.91 Å². The Bertz CT molecular complexity index is 942. The molecule has 0 bridgehead atoms. The van der Waals surface area contributed by atoms with E-state index in [4.69, 9.17) is 0 Å². The van der Waals surface area contributed by atoms with Crippen LogP contribution >= 0.6 is 0 Å². The third-order valence-electron chi connectivity index (χ3n) is 5.25. The van der Waals surface area contributed by atoms with Crippen molar-refractivity contribution in [3.05, 3.63) is 59.7 Å². The number of hydrogen-bond acceptors (Lipinski definition) is 3. The van der Waals surface area contributed by atoms with Crippen LogP contribution in [0.2, 0.25) is 0 Å². The first kappa shape index (κ1) is 20.4. The quantitative estimate of drug-likeness (QED) is 0.768. The second-order valence-electron chi connectivity index (χ2n) is 7.70. The van der Waals surface area contributed by atoms with E-state index >= 15 is 0 Å². The van der Waals surface area contributed by atoms with Crippen LogP contribution in [0, 0.1) is 19.8 Å². The van der Waals surface area contributed by atoms with Crippen molar-refractivity contribution in [1.29, 1.82) is 0 Å². The summed E-state index contributed by atoms with van der Waals surface area (Å²) in [5.74, 6) is 0.296. The van der Waals surface area contributed by atoms with Crippen molar-refractivity contribution in [2.24, 2.45) is 5.92 Å². The van der Waals surface area contributed by atoms with Crippen LogP contribution in [0.3, 0.4) is 0 Å². The molecular formula is C22H28N2O3S. The Hall–Kier alpha value is -2.34. The minimum atomic E-state index is -3.85. The summed E-state index contributed by atoms with van der Waals surface area (Å²) < 4.78 is 28.1. The number of sulfonamides is 1. The fourth-order valence-corrected chi connectivity index (χ4v) is 5.14. The van der Waals surface area contributed by atoms with E-state index in [0.29, 0.717) is 24.7 Å². The van der Waals surface area contributed by atoms with Gasteiger partial charge in [-0.05, 0) is 61.9 Å². The fourth-order valence-electron chi connectivity index (χ4n) is 3.65.